The number of carbonyl (C=O) groups excluding carboxylic acids is 1. The van der Waals surface area contributed by atoms with Gasteiger partial charge in [-0.15, -0.1) is 11.6 Å². The van der Waals surface area contributed by atoms with Gasteiger partial charge in [0.1, 0.15) is 0 Å². The molecule has 1 N–H and O–H groups in total. The van der Waals surface area contributed by atoms with E-state index >= 15 is 0 Å². The van der Waals surface area contributed by atoms with E-state index in [1.807, 2.05) is 0 Å². The van der Waals surface area contributed by atoms with Crippen molar-refractivity contribution in [2.24, 2.45) is 0 Å². The van der Waals surface area contributed by atoms with Gasteiger partial charge in [0.2, 0.25) is 0 Å². The quantitative estimate of drug-likeness (QED) is 0.683. The number of carbonyl (C=O) groups is 1. The van der Waals surface area contributed by atoms with Crippen LogP contribution in [0.15, 0.2) is 16.6 Å². The van der Waals surface area contributed by atoms with Gasteiger partial charge in [-0.05, 0) is 28.1 Å². The number of alkyl halides is 1. The molecule has 0 bridgehead atoms. The summed E-state index contributed by atoms with van der Waals surface area (Å²) in [5.41, 5.74) is 0.167. The first-order valence-electron chi connectivity index (χ1n) is 3.76. The second kappa shape index (κ2) is 4.66. The second-order valence-electron chi connectivity index (χ2n) is 2.53. The minimum absolute atomic E-state index is 0.167. The lowest BCUT2D eigenvalue weighted by atomic mass is 10.1. The van der Waals surface area contributed by atoms with Crippen molar-refractivity contribution in [1.82, 2.24) is 0 Å². The van der Waals surface area contributed by atoms with Crippen LogP contribution in [0.3, 0.4) is 0 Å². The van der Waals surface area contributed by atoms with Crippen LogP contribution in [0.4, 0.5) is 0 Å². The van der Waals surface area contributed by atoms with Gasteiger partial charge in [-0.2, -0.15) is 0 Å². The molecule has 0 aliphatic heterocycles. The summed E-state index contributed by atoms with van der Waals surface area (Å²) in [4.78, 5) is 11.3. The van der Waals surface area contributed by atoms with Crippen molar-refractivity contribution in [3.8, 4) is 11.5 Å². The molecule has 1 rings (SSSR count). The van der Waals surface area contributed by atoms with Crippen LogP contribution in [0.5, 0.6) is 11.5 Å². The average molecular weight is 280 g/mol. The highest BCUT2D eigenvalue weighted by Crippen LogP contribution is 2.37. The van der Waals surface area contributed by atoms with E-state index < -0.39 is 0 Å². The number of phenols is 1. The molecule has 0 aliphatic rings. The number of ketones is 1. The summed E-state index contributed by atoms with van der Waals surface area (Å²) in [5.74, 6) is -0.457. The third-order valence-electron chi connectivity index (χ3n) is 1.71. The van der Waals surface area contributed by atoms with Crippen LogP contribution in [0, 0.1) is 0 Å². The Bertz CT molecular complexity index is 365. The fourth-order valence-corrected chi connectivity index (χ4v) is 1.66. The molecule has 0 amide bonds. The number of hydrogen-bond donors (Lipinski definition) is 1. The SMILES string of the molecule is COc1c(Br)ccc(C(=O)CCl)c1O. The minimum atomic E-state index is -0.338. The van der Waals surface area contributed by atoms with Gasteiger partial charge in [0.25, 0.3) is 0 Å². The predicted octanol–water partition coefficient (Wildman–Crippen LogP) is 2.58. The predicted molar refractivity (Wildman–Crippen MR) is 57.4 cm³/mol. The van der Waals surface area contributed by atoms with E-state index in [4.69, 9.17) is 16.3 Å². The first-order chi connectivity index (χ1) is 6.61. The molecule has 0 atom stereocenters. The monoisotopic (exact) mass is 278 g/mol. The van der Waals surface area contributed by atoms with E-state index in [0.717, 1.165) is 0 Å². The van der Waals surface area contributed by atoms with Crippen LogP contribution in [0.2, 0.25) is 0 Å². The largest absolute Gasteiger partial charge is 0.504 e. The molecule has 0 aromatic heterocycles. The van der Waals surface area contributed by atoms with Gasteiger partial charge in [-0.3, -0.25) is 4.79 Å². The summed E-state index contributed by atoms with van der Waals surface area (Å²) in [5, 5.41) is 9.64. The molecule has 1 aromatic carbocycles. The van der Waals surface area contributed by atoms with E-state index in [2.05, 4.69) is 15.9 Å². The lowest BCUT2D eigenvalue weighted by Crippen LogP contribution is -2.01. The zero-order valence-electron chi connectivity index (χ0n) is 7.38. The van der Waals surface area contributed by atoms with Crippen LogP contribution in [-0.4, -0.2) is 23.9 Å². The molecular weight excluding hydrogens is 271 g/mol. The van der Waals surface area contributed by atoms with Crippen molar-refractivity contribution >= 4 is 33.3 Å². The van der Waals surface area contributed by atoms with Gasteiger partial charge >= 0.3 is 0 Å². The van der Waals surface area contributed by atoms with Crippen molar-refractivity contribution in [3.63, 3.8) is 0 Å². The number of methoxy groups -OCH3 is 1. The maximum absolute atomic E-state index is 11.3. The standard InChI is InChI=1S/C9H8BrClO3/c1-14-9-6(10)3-2-5(8(9)13)7(12)4-11/h2-3,13H,4H2,1H3. The summed E-state index contributed by atoms with van der Waals surface area (Å²) in [7, 11) is 1.41. The highest BCUT2D eigenvalue weighted by molar-refractivity contribution is 9.10. The van der Waals surface area contributed by atoms with Crippen molar-refractivity contribution < 1.29 is 14.6 Å². The number of rotatable bonds is 3. The number of Topliss-reactive ketones (excluding diaryl/α,β-unsaturated/α-hetero) is 1. The van der Waals surface area contributed by atoms with Crippen molar-refractivity contribution in [2.75, 3.05) is 13.0 Å². The number of ether oxygens (including phenoxy) is 1. The lowest BCUT2D eigenvalue weighted by Gasteiger charge is -2.08. The smallest absolute Gasteiger partial charge is 0.181 e. The maximum Gasteiger partial charge on any atom is 0.181 e. The Balaban J connectivity index is 3.28. The zero-order valence-corrected chi connectivity index (χ0v) is 9.72. The molecule has 0 heterocycles. The summed E-state index contributed by atoms with van der Waals surface area (Å²) < 4.78 is 5.51. The van der Waals surface area contributed by atoms with E-state index in [9.17, 15) is 9.90 Å². The first kappa shape index (κ1) is 11.3. The Hall–Kier alpha value is -0.740. The van der Waals surface area contributed by atoms with Gasteiger partial charge in [0, 0.05) is 0 Å². The maximum atomic E-state index is 11.3. The Labute approximate surface area is 94.8 Å². The highest BCUT2D eigenvalue weighted by atomic mass is 79.9. The van der Waals surface area contributed by atoms with Crippen LogP contribution < -0.4 is 4.74 Å². The van der Waals surface area contributed by atoms with Gasteiger partial charge in [0.05, 0.1) is 23.0 Å². The van der Waals surface area contributed by atoms with Gasteiger partial charge in [-0.1, -0.05) is 0 Å². The molecule has 76 valence electrons. The Morgan fingerprint density at radius 3 is 2.79 bits per heavy atom. The molecule has 0 unspecified atom stereocenters. The van der Waals surface area contributed by atoms with E-state index in [1.165, 1.54) is 13.2 Å². The Kier molecular flexibility index (Phi) is 3.77. The molecule has 1 aromatic rings. The lowest BCUT2D eigenvalue weighted by molar-refractivity contribution is 0.101. The second-order valence-corrected chi connectivity index (χ2v) is 3.66. The molecule has 3 nitrogen and oxygen atoms in total. The van der Waals surface area contributed by atoms with E-state index in [-0.39, 0.29) is 28.7 Å². The number of phenolic OH excluding ortho intramolecular Hbond substituents is 1. The third-order valence-corrected chi connectivity index (χ3v) is 2.58. The van der Waals surface area contributed by atoms with Crippen molar-refractivity contribution in [2.45, 2.75) is 0 Å². The molecule has 0 radical (unpaired) electrons. The molecule has 0 saturated heterocycles. The van der Waals surface area contributed by atoms with Crippen LogP contribution in [0.1, 0.15) is 10.4 Å². The number of halogens is 2. The summed E-state index contributed by atoms with van der Waals surface area (Å²) in [6, 6.07) is 3.12. The normalized spacial score (nSPS) is 9.93. The van der Waals surface area contributed by atoms with Crippen LogP contribution in [-0.2, 0) is 0 Å². The number of benzene rings is 1. The Morgan fingerprint density at radius 1 is 1.64 bits per heavy atom. The molecule has 5 heteroatoms. The third kappa shape index (κ3) is 2.01. The molecule has 0 saturated carbocycles. The molecule has 0 spiro atoms. The number of hydrogen-bond acceptors (Lipinski definition) is 3. The van der Waals surface area contributed by atoms with Gasteiger partial charge < -0.3 is 9.84 Å². The Morgan fingerprint density at radius 2 is 2.29 bits per heavy atom. The number of aromatic hydroxyl groups is 1. The molecule has 0 fully saturated rings. The van der Waals surface area contributed by atoms with Gasteiger partial charge in [0.15, 0.2) is 17.3 Å². The van der Waals surface area contributed by atoms with E-state index in [1.54, 1.807) is 6.07 Å². The molecular formula is C9H8BrClO3. The van der Waals surface area contributed by atoms with Crippen LogP contribution >= 0.6 is 27.5 Å². The fourth-order valence-electron chi connectivity index (χ4n) is 1.04. The minimum Gasteiger partial charge on any atom is -0.504 e. The van der Waals surface area contributed by atoms with Gasteiger partial charge in [-0.25, -0.2) is 0 Å². The van der Waals surface area contributed by atoms with Crippen molar-refractivity contribution in [3.05, 3.63) is 22.2 Å². The average Bonchev–Trinajstić information content (AvgIpc) is 2.18. The fraction of sp³-hybridized carbons (Fsp3) is 0.222. The summed E-state index contributed by atoms with van der Waals surface area (Å²) in [6.45, 7) is 0. The highest BCUT2D eigenvalue weighted by Gasteiger charge is 2.16. The molecule has 0 aliphatic carbocycles. The van der Waals surface area contributed by atoms with E-state index in [0.29, 0.717) is 4.47 Å². The first-order valence-corrected chi connectivity index (χ1v) is 5.09. The topological polar surface area (TPSA) is 46.5 Å². The summed E-state index contributed by atoms with van der Waals surface area (Å²) >= 11 is 8.56. The summed E-state index contributed by atoms with van der Waals surface area (Å²) in [6.07, 6.45) is 0. The van der Waals surface area contributed by atoms with Crippen LogP contribution in [0.25, 0.3) is 0 Å². The zero-order chi connectivity index (χ0) is 10.7. The molecule has 14 heavy (non-hydrogen) atoms. The van der Waals surface area contributed by atoms with Crippen molar-refractivity contribution in [1.29, 1.82) is 0 Å².